The smallest absolute Gasteiger partial charge is 0.298 e. The average molecular weight is 287 g/mol. The number of nitrogens with zero attached hydrogens (tertiary/aromatic N) is 2. The minimum absolute atomic E-state index is 0.197. The van der Waals surface area contributed by atoms with E-state index >= 15 is 0 Å². The molecule has 0 aliphatic carbocycles. The number of amides is 1. The lowest BCUT2D eigenvalue weighted by Crippen LogP contribution is -2.28. The molecule has 1 heterocycles. The molecule has 0 radical (unpaired) electrons. The molecule has 0 saturated carbocycles. The first kappa shape index (κ1) is 14.2. The number of carbonyl (C=O) groups is 1. The van der Waals surface area contributed by atoms with E-state index in [0.717, 1.165) is 12.1 Å². The van der Waals surface area contributed by atoms with Crippen LogP contribution in [0.1, 0.15) is 5.56 Å². The van der Waals surface area contributed by atoms with Gasteiger partial charge in [-0.15, -0.1) is 0 Å². The van der Waals surface area contributed by atoms with E-state index in [-0.39, 0.29) is 5.91 Å². The summed E-state index contributed by atoms with van der Waals surface area (Å²) in [6.07, 6.45) is 3.94. The lowest BCUT2D eigenvalue weighted by atomic mass is 10.2. The van der Waals surface area contributed by atoms with Gasteiger partial charge in [-0.2, -0.15) is 0 Å². The van der Waals surface area contributed by atoms with Crippen molar-refractivity contribution in [2.45, 2.75) is 6.54 Å². The molecule has 0 N–H and O–H groups in total. The molecule has 20 heavy (non-hydrogen) atoms. The molecule has 0 aliphatic rings. The van der Waals surface area contributed by atoms with Crippen LogP contribution in [-0.2, 0) is 11.3 Å². The Morgan fingerprint density at radius 1 is 1.30 bits per heavy atom. The first-order valence-corrected chi connectivity index (χ1v) is 6.66. The predicted octanol–water partition coefficient (Wildman–Crippen LogP) is 2.65. The molecule has 0 fully saturated rings. The molecule has 3 nitrogen and oxygen atoms in total. The van der Waals surface area contributed by atoms with Crippen molar-refractivity contribution in [1.82, 2.24) is 9.47 Å². The molecule has 0 saturated heterocycles. The van der Waals surface area contributed by atoms with Crippen molar-refractivity contribution in [3.8, 4) is 11.8 Å². The van der Waals surface area contributed by atoms with Gasteiger partial charge >= 0.3 is 0 Å². The fourth-order valence-electron chi connectivity index (χ4n) is 1.67. The zero-order valence-electron chi connectivity index (χ0n) is 11.2. The zero-order valence-corrected chi connectivity index (χ0v) is 12.0. The maximum atomic E-state index is 11.9. The number of hydrogen-bond acceptors (Lipinski definition) is 1. The van der Waals surface area contributed by atoms with E-state index in [1.807, 2.05) is 41.2 Å². The molecular formula is C16H15ClN2O. The van der Waals surface area contributed by atoms with E-state index in [4.69, 9.17) is 11.6 Å². The molecule has 1 aromatic carbocycles. The molecule has 4 heteroatoms. The number of carbonyl (C=O) groups excluding carboxylic acids is 1. The van der Waals surface area contributed by atoms with E-state index in [9.17, 15) is 4.79 Å². The Hall–Kier alpha value is -2.18. The zero-order chi connectivity index (χ0) is 14.4. The summed E-state index contributed by atoms with van der Waals surface area (Å²) in [4.78, 5) is 13.5. The quantitative estimate of drug-likeness (QED) is 0.797. The molecule has 2 rings (SSSR count). The van der Waals surface area contributed by atoms with Crippen molar-refractivity contribution in [2.75, 3.05) is 13.6 Å². The predicted molar refractivity (Wildman–Crippen MR) is 80.4 cm³/mol. The SMILES string of the molecule is CN(CCn1cccc1)C(=O)C#Cc1cccc(Cl)c1. The Bertz CT molecular complexity index is 638. The van der Waals surface area contributed by atoms with Gasteiger partial charge in [-0.25, -0.2) is 0 Å². The summed E-state index contributed by atoms with van der Waals surface area (Å²) in [6.45, 7) is 1.38. The molecule has 0 aliphatic heterocycles. The van der Waals surface area contributed by atoms with Gasteiger partial charge < -0.3 is 9.47 Å². The van der Waals surface area contributed by atoms with Gasteiger partial charge in [-0.3, -0.25) is 4.79 Å². The van der Waals surface area contributed by atoms with Crippen LogP contribution in [0.25, 0.3) is 0 Å². The molecule has 2 aromatic rings. The standard InChI is InChI=1S/C16H15ClN2O/c1-18(11-12-19-9-2-3-10-19)16(20)8-7-14-5-4-6-15(17)13-14/h2-6,9-10,13H,11-12H2,1H3. The molecule has 1 aromatic heterocycles. The molecule has 1 amide bonds. The van der Waals surface area contributed by atoms with E-state index in [1.54, 1.807) is 24.1 Å². The number of halogens is 1. The van der Waals surface area contributed by atoms with Crippen LogP contribution in [0, 0.1) is 11.8 Å². The van der Waals surface area contributed by atoms with Crippen LogP contribution in [0.4, 0.5) is 0 Å². The van der Waals surface area contributed by atoms with Crippen molar-refractivity contribution in [2.24, 2.45) is 0 Å². The average Bonchev–Trinajstić information content (AvgIpc) is 2.95. The molecule has 0 unspecified atom stereocenters. The number of rotatable bonds is 3. The molecular weight excluding hydrogens is 272 g/mol. The Morgan fingerprint density at radius 2 is 2.05 bits per heavy atom. The maximum absolute atomic E-state index is 11.9. The highest BCUT2D eigenvalue weighted by Crippen LogP contribution is 2.09. The third-order valence-corrected chi connectivity index (χ3v) is 3.08. The lowest BCUT2D eigenvalue weighted by molar-refractivity contribution is -0.124. The second-order valence-corrected chi connectivity index (χ2v) is 4.84. The highest BCUT2D eigenvalue weighted by atomic mass is 35.5. The van der Waals surface area contributed by atoms with Gasteiger partial charge in [0, 0.05) is 49.0 Å². The fraction of sp³-hybridized carbons (Fsp3) is 0.188. The van der Waals surface area contributed by atoms with E-state index in [1.165, 1.54) is 0 Å². The molecule has 102 valence electrons. The van der Waals surface area contributed by atoms with Gasteiger partial charge in [0.2, 0.25) is 0 Å². The summed E-state index contributed by atoms with van der Waals surface area (Å²) in [5.41, 5.74) is 0.740. The van der Waals surface area contributed by atoms with Crippen molar-refractivity contribution >= 4 is 17.5 Å². The second-order valence-electron chi connectivity index (χ2n) is 4.41. The first-order chi connectivity index (χ1) is 9.65. The summed E-state index contributed by atoms with van der Waals surface area (Å²) in [5.74, 6) is 5.25. The van der Waals surface area contributed by atoms with E-state index in [2.05, 4.69) is 11.8 Å². The van der Waals surface area contributed by atoms with Gasteiger partial charge in [-0.1, -0.05) is 23.6 Å². The van der Waals surface area contributed by atoms with E-state index < -0.39 is 0 Å². The normalized spacial score (nSPS) is 9.70. The first-order valence-electron chi connectivity index (χ1n) is 6.28. The summed E-state index contributed by atoms with van der Waals surface area (Å²) in [5, 5.41) is 0.616. The van der Waals surface area contributed by atoms with Crippen LogP contribution < -0.4 is 0 Å². The van der Waals surface area contributed by atoms with Gasteiger partial charge in [-0.05, 0) is 30.3 Å². The number of aromatic nitrogens is 1. The Balaban J connectivity index is 1.91. The third kappa shape index (κ3) is 4.18. The molecule has 0 bridgehead atoms. The van der Waals surface area contributed by atoms with Crippen LogP contribution in [-0.4, -0.2) is 29.0 Å². The van der Waals surface area contributed by atoms with Crippen LogP contribution in [0.2, 0.25) is 5.02 Å². The summed E-state index contributed by atoms with van der Waals surface area (Å²) < 4.78 is 2.02. The fourth-order valence-corrected chi connectivity index (χ4v) is 1.86. The van der Waals surface area contributed by atoms with E-state index in [0.29, 0.717) is 11.6 Å². The minimum atomic E-state index is -0.197. The summed E-state index contributed by atoms with van der Waals surface area (Å²) >= 11 is 5.86. The largest absolute Gasteiger partial charge is 0.352 e. The highest BCUT2D eigenvalue weighted by Gasteiger charge is 2.04. The van der Waals surface area contributed by atoms with Gasteiger partial charge in [0.1, 0.15) is 0 Å². The van der Waals surface area contributed by atoms with Crippen molar-refractivity contribution in [3.63, 3.8) is 0 Å². The minimum Gasteiger partial charge on any atom is -0.352 e. The number of hydrogen-bond donors (Lipinski definition) is 0. The Labute approximate surface area is 123 Å². The molecule has 0 atom stereocenters. The second kappa shape index (κ2) is 6.83. The van der Waals surface area contributed by atoms with Crippen molar-refractivity contribution < 1.29 is 4.79 Å². The maximum Gasteiger partial charge on any atom is 0.298 e. The topological polar surface area (TPSA) is 25.2 Å². The van der Waals surface area contributed by atoms with Crippen LogP contribution in [0.3, 0.4) is 0 Å². The summed E-state index contributed by atoms with van der Waals surface area (Å²) in [7, 11) is 1.75. The number of likely N-dealkylation sites (N-methyl/N-ethyl adjacent to an activating group) is 1. The van der Waals surface area contributed by atoms with Gasteiger partial charge in [0.15, 0.2) is 0 Å². The van der Waals surface area contributed by atoms with Crippen LogP contribution >= 0.6 is 11.6 Å². The van der Waals surface area contributed by atoms with Crippen molar-refractivity contribution in [3.05, 3.63) is 59.4 Å². The highest BCUT2D eigenvalue weighted by molar-refractivity contribution is 6.30. The van der Waals surface area contributed by atoms with Gasteiger partial charge in [0.05, 0.1) is 0 Å². The summed E-state index contributed by atoms with van der Waals surface area (Å²) in [6, 6.07) is 11.1. The third-order valence-electron chi connectivity index (χ3n) is 2.84. The molecule has 0 spiro atoms. The van der Waals surface area contributed by atoms with Gasteiger partial charge in [0.25, 0.3) is 5.91 Å². The van der Waals surface area contributed by atoms with Crippen LogP contribution in [0.15, 0.2) is 48.8 Å². The Morgan fingerprint density at radius 3 is 2.75 bits per heavy atom. The van der Waals surface area contributed by atoms with Crippen LogP contribution in [0.5, 0.6) is 0 Å². The Kier molecular flexibility index (Phi) is 4.86. The lowest BCUT2D eigenvalue weighted by Gasteiger charge is -2.13. The monoisotopic (exact) mass is 286 g/mol. The van der Waals surface area contributed by atoms with Crippen molar-refractivity contribution in [1.29, 1.82) is 0 Å². The number of benzene rings is 1.